The Kier molecular flexibility index (Phi) is 5.69. The third kappa shape index (κ3) is 3.17. The van der Waals surface area contributed by atoms with Gasteiger partial charge in [-0.15, -0.1) is 0 Å². The Balaban J connectivity index is 2.63. The van der Waals surface area contributed by atoms with E-state index in [4.69, 9.17) is 0 Å². The highest BCUT2D eigenvalue weighted by Crippen LogP contribution is 2.34. The van der Waals surface area contributed by atoms with Gasteiger partial charge in [-0.05, 0) is 25.8 Å². The average Bonchev–Trinajstić information content (AvgIpc) is 2.31. The van der Waals surface area contributed by atoms with Crippen molar-refractivity contribution in [2.24, 2.45) is 5.41 Å². The van der Waals surface area contributed by atoms with Crippen molar-refractivity contribution in [2.75, 3.05) is 32.9 Å². The number of hydrogen-bond donors (Lipinski definition) is 3. The third-order valence-electron chi connectivity index (χ3n) is 3.74. The van der Waals surface area contributed by atoms with Crippen LogP contribution in [0.3, 0.4) is 0 Å². The Morgan fingerprint density at radius 2 is 1.94 bits per heavy atom. The lowest BCUT2D eigenvalue weighted by Crippen LogP contribution is -2.51. The van der Waals surface area contributed by atoms with Gasteiger partial charge in [-0.2, -0.15) is 0 Å². The Morgan fingerprint density at radius 1 is 1.25 bits per heavy atom. The maximum atomic E-state index is 9.57. The summed E-state index contributed by atoms with van der Waals surface area (Å²) >= 11 is 0. The van der Waals surface area contributed by atoms with Crippen LogP contribution in [0.15, 0.2) is 0 Å². The van der Waals surface area contributed by atoms with Crippen LogP contribution in [-0.4, -0.2) is 59.2 Å². The van der Waals surface area contributed by atoms with Gasteiger partial charge in [0.15, 0.2) is 0 Å². The number of aliphatic hydroxyl groups excluding tert-OH is 3. The average molecular weight is 231 g/mol. The van der Waals surface area contributed by atoms with Gasteiger partial charge in [0.05, 0.1) is 19.3 Å². The number of piperidine rings is 1. The summed E-state index contributed by atoms with van der Waals surface area (Å²) in [6.45, 7) is 4.03. The fraction of sp³-hybridized carbons (Fsp3) is 1.00. The van der Waals surface area contributed by atoms with Crippen LogP contribution in [0.2, 0.25) is 0 Å². The van der Waals surface area contributed by atoms with Gasteiger partial charge in [-0.3, -0.25) is 4.90 Å². The van der Waals surface area contributed by atoms with Crippen LogP contribution in [0.25, 0.3) is 0 Å². The van der Waals surface area contributed by atoms with Gasteiger partial charge in [0.1, 0.15) is 0 Å². The highest BCUT2D eigenvalue weighted by Gasteiger charge is 2.36. The van der Waals surface area contributed by atoms with Gasteiger partial charge in [0.2, 0.25) is 0 Å². The minimum atomic E-state index is -0.164. The van der Waals surface area contributed by atoms with Crippen LogP contribution >= 0.6 is 0 Å². The number of aliphatic hydroxyl groups is 3. The highest BCUT2D eigenvalue weighted by molar-refractivity contribution is 4.88. The summed E-state index contributed by atoms with van der Waals surface area (Å²) in [6.07, 6.45) is 4.18. The van der Waals surface area contributed by atoms with Crippen LogP contribution in [0.4, 0.5) is 0 Å². The lowest BCUT2D eigenvalue weighted by atomic mass is 9.76. The van der Waals surface area contributed by atoms with Gasteiger partial charge in [-0.25, -0.2) is 0 Å². The minimum absolute atomic E-state index is 0.00979. The first kappa shape index (κ1) is 13.9. The molecule has 0 aromatic rings. The molecule has 0 unspecified atom stereocenters. The first-order valence-electron chi connectivity index (χ1n) is 6.28. The molecule has 1 atom stereocenters. The summed E-state index contributed by atoms with van der Waals surface area (Å²) in [6, 6.07) is -0.164. The molecule has 3 N–H and O–H groups in total. The molecule has 1 heterocycles. The Morgan fingerprint density at radius 3 is 2.44 bits per heavy atom. The largest absolute Gasteiger partial charge is 0.396 e. The standard InChI is InChI=1S/C12H25NO3/c1-2-4-12(10-16)5-3-6-13(9-12)11(7-14)8-15/h11,14-16H,2-10H2,1H3/t12-/m0/s1. The zero-order chi connectivity index (χ0) is 12.0. The molecule has 4 nitrogen and oxygen atoms in total. The predicted octanol–water partition coefficient (Wildman–Crippen LogP) is 0.214. The molecule has 0 spiro atoms. The van der Waals surface area contributed by atoms with Crippen molar-refractivity contribution >= 4 is 0 Å². The van der Waals surface area contributed by atoms with Crippen molar-refractivity contribution in [3.05, 3.63) is 0 Å². The summed E-state index contributed by atoms with van der Waals surface area (Å²) < 4.78 is 0. The van der Waals surface area contributed by atoms with Crippen molar-refractivity contribution in [1.29, 1.82) is 0 Å². The minimum Gasteiger partial charge on any atom is -0.396 e. The zero-order valence-corrected chi connectivity index (χ0v) is 10.2. The molecule has 0 aliphatic carbocycles. The molecule has 0 radical (unpaired) electrons. The summed E-state index contributed by atoms with van der Waals surface area (Å²) in [5.41, 5.74) is -0.0183. The summed E-state index contributed by atoms with van der Waals surface area (Å²) in [7, 11) is 0. The van der Waals surface area contributed by atoms with Crippen molar-refractivity contribution < 1.29 is 15.3 Å². The summed E-state index contributed by atoms with van der Waals surface area (Å²) in [4.78, 5) is 2.12. The van der Waals surface area contributed by atoms with Crippen LogP contribution < -0.4 is 0 Å². The zero-order valence-electron chi connectivity index (χ0n) is 10.2. The number of nitrogens with zero attached hydrogens (tertiary/aromatic N) is 1. The number of rotatable bonds is 6. The van der Waals surface area contributed by atoms with E-state index in [0.29, 0.717) is 0 Å². The predicted molar refractivity (Wildman–Crippen MR) is 63.2 cm³/mol. The molecule has 96 valence electrons. The fourth-order valence-electron chi connectivity index (χ4n) is 2.79. The lowest BCUT2D eigenvalue weighted by molar-refractivity contribution is -0.0196. The van der Waals surface area contributed by atoms with Crippen LogP contribution in [0, 0.1) is 5.41 Å². The van der Waals surface area contributed by atoms with Gasteiger partial charge in [0.25, 0.3) is 0 Å². The molecule has 1 fully saturated rings. The molecule has 0 aromatic heterocycles. The van der Waals surface area contributed by atoms with Gasteiger partial charge < -0.3 is 15.3 Å². The van der Waals surface area contributed by atoms with Crippen LogP contribution in [-0.2, 0) is 0 Å². The normalized spacial score (nSPS) is 27.6. The van der Waals surface area contributed by atoms with E-state index in [0.717, 1.165) is 38.8 Å². The fourth-order valence-corrected chi connectivity index (χ4v) is 2.79. The Bertz CT molecular complexity index is 193. The van der Waals surface area contributed by atoms with Crippen molar-refractivity contribution in [3.8, 4) is 0 Å². The van der Waals surface area contributed by atoms with Gasteiger partial charge >= 0.3 is 0 Å². The first-order chi connectivity index (χ1) is 7.71. The van der Waals surface area contributed by atoms with Crippen molar-refractivity contribution in [3.63, 3.8) is 0 Å². The van der Waals surface area contributed by atoms with Crippen LogP contribution in [0.1, 0.15) is 32.6 Å². The topological polar surface area (TPSA) is 63.9 Å². The molecule has 0 bridgehead atoms. The van der Waals surface area contributed by atoms with Gasteiger partial charge in [-0.1, -0.05) is 13.3 Å². The maximum Gasteiger partial charge on any atom is 0.0609 e. The second-order valence-electron chi connectivity index (χ2n) is 5.00. The molecule has 16 heavy (non-hydrogen) atoms. The first-order valence-corrected chi connectivity index (χ1v) is 6.28. The molecule has 1 saturated heterocycles. The second kappa shape index (κ2) is 6.55. The van der Waals surface area contributed by atoms with E-state index in [1.165, 1.54) is 0 Å². The van der Waals surface area contributed by atoms with E-state index >= 15 is 0 Å². The summed E-state index contributed by atoms with van der Waals surface area (Å²) in [5.74, 6) is 0. The second-order valence-corrected chi connectivity index (χ2v) is 5.00. The number of likely N-dealkylation sites (tertiary alicyclic amines) is 1. The molecule has 0 aromatic carbocycles. The van der Waals surface area contributed by atoms with E-state index in [2.05, 4.69) is 11.8 Å². The van der Waals surface area contributed by atoms with E-state index in [1.807, 2.05) is 0 Å². The van der Waals surface area contributed by atoms with E-state index in [9.17, 15) is 15.3 Å². The van der Waals surface area contributed by atoms with E-state index in [1.54, 1.807) is 0 Å². The molecule has 0 saturated carbocycles. The SMILES string of the molecule is CCC[C@]1(CO)CCCN(C(CO)CO)C1. The molecule has 1 aliphatic heterocycles. The molecule has 4 heteroatoms. The maximum absolute atomic E-state index is 9.57. The Hall–Kier alpha value is -0.160. The van der Waals surface area contributed by atoms with Crippen molar-refractivity contribution in [2.45, 2.75) is 38.6 Å². The summed E-state index contributed by atoms with van der Waals surface area (Å²) in [5, 5.41) is 27.9. The highest BCUT2D eigenvalue weighted by atomic mass is 16.3. The molecular weight excluding hydrogens is 206 g/mol. The van der Waals surface area contributed by atoms with Gasteiger partial charge in [0, 0.05) is 18.6 Å². The molecule has 0 amide bonds. The Labute approximate surface area is 97.9 Å². The smallest absolute Gasteiger partial charge is 0.0609 e. The van der Waals surface area contributed by atoms with Crippen LogP contribution in [0.5, 0.6) is 0 Å². The molecular formula is C12H25NO3. The third-order valence-corrected chi connectivity index (χ3v) is 3.74. The van der Waals surface area contributed by atoms with E-state index in [-0.39, 0.29) is 31.3 Å². The number of hydrogen-bond acceptors (Lipinski definition) is 4. The van der Waals surface area contributed by atoms with Crippen molar-refractivity contribution in [1.82, 2.24) is 4.90 Å². The molecule has 1 rings (SSSR count). The monoisotopic (exact) mass is 231 g/mol. The molecule has 1 aliphatic rings. The van der Waals surface area contributed by atoms with E-state index < -0.39 is 0 Å². The quantitative estimate of drug-likeness (QED) is 0.611. The lowest BCUT2D eigenvalue weighted by Gasteiger charge is -2.44.